The highest BCUT2D eigenvalue weighted by Crippen LogP contribution is 2.31. The third kappa shape index (κ3) is 4.99. The van der Waals surface area contributed by atoms with E-state index in [1.54, 1.807) is 0 Å². The standard InChI is InChI=1S/C10H18F3NO2.ClH/c1-9(15,10(11,12)13)6-16-8-4-2-7(14)3-5-8;/h7-8,15H,2-6,14H2,1H3;1H. The Hall–Kier alpha value is -0.0400. The lowest BCUT2D eigenvalue weighted by Gasteiger charge is -2.31. The summed E-state index contributed by atoms with van der Waals surface area (Å²) in [6.07, 6.45) is -2.02. The largest absolute Gasteiger partial charge is 0.419 e. The summed E-state index contributed by atoms with van der Waals surface area (Å²) in [5.41, 5.74) is 2.89. The molecule has 1 saturated carbocycles. The van der Waals surface area contributed by atoms with E-state index in [0.717, 1.165) is 19.8 Å². The first-order valence-corrected chi connectivity index (χ1v) is 5.38. The predicted octanol–water partition coefficient (Wildman–Crippen LogP) is 2.01. The van der Waals surface area contributed by atoms with Gasteiger partial charge in [0.25, 0.3) is 0 Å². The average molecular weight is 278 g/mol. The number of hydrogen-bond donors (Lipinski definition) is 2. The summed E-state index contributed by atoms with van der Waals surface area (Å²) in [5, 5.41) is 9.16. The van der Waals surface area contributed by atoms with E-state index in [1.165, 1.54) is 0 Å². The Kier molecular flexibility index (Phi) is 6.21. The molecule has 0 bridgehead atoms. The molecule has 1 aliphatic carbocycles. The number of rotatable bonds is 3. The van der Waals surface area contributed by atoms with Crippen LogP contribution in [0.5, 0.6) is 0 Å². The summed E-state index contributed by atoms with van der Waals surface area (Å²) < 4.78 is 42.0. The van der Waals surface area contributed by atoms with Crippen LogP contribution in [0.4, 0.5) is 13.2 Å². The number of nitrogens with two attached hydrogens (primary N) is 1. The molecule has 0 heterocycles. The molecule has 0 aromatic rings. The van der Waals surface area contributed by atoms with Gasteiger partial charge in [-0.3, -0.25) is 0 Å². The number of halogens is 4. The van der Waals surface area contributed by atoms with Crippen molar-refractivity contribution in [3.8, 4) is 0 Å². The Morgan fingerprint density at radius 1 is 1.24 bits per heavy atom. The van der Waals surface area contributed by atoms with Crippen LogP contribution >= 0.6 is 12.4 Å². The molecule has 0 aliphatic heterocycles. The highest BCUT2D eigenvalue weighted by molar-refractivity contribution is 5.85. The van der Waals surface area contributed by atoms with Crippen molar-refractivity contribution in [2.45, 2.75) is 56.5 Å². The molecular formula is C10H19ClF3NO2. The molecule has 1 rings (SSSR count). The fourth-order valence-corrected chi connectivity index (χ4v) is 1.62. The van der Waals surface area contributed by atoms with Gasteiger partial charge in [-0.15, -0.1) is 12.4 Å². The monoisotopic (exact) mass is 277 g/mol. The van der Waals surface area contributed by atoms with Crippen molar-refractivity contribution in [2.75, 3.05) is 6.61 Å². The van der Waals surface area contributed by atoms with Crippen molar-refractivity contribution in [2.24, 2.45) is 5.73 Å². The molecule has 3 N–H and O–H groups in total. The first-order chi connectivity index (χ1) is 7.22. The van der Waals surface area contributed by atoms with Crippen molar-refractivity contribution >= 4 is 12.4 Å². The SMILES string of the molecule is CC(O)(COC1CCC(N)CC1)C(F)(F)F.Cl. The Morgan fingerprint density at radius 3 is 2.12 bits per heavy atom. The fraction of sp³-hybridized carbons (Fsp3) is 1.00. The van der Waals surface area contributed by atoms with Crippen LogP contribution in [0.2, 0.25) is 0 Å². The Balaban J connectivity index is 0.00000256. The van der Waals surface area contributed by atoms with Crippen molar-refractivity contribution in [3.05, 3.63) is 0 Å². The van der Waals surface area contributed by atoms with Crippen molar-refractivity contribution in [1.29, 1.82) is 0 Å². The van der Waals surface area contributed by atoms with E-state index in [9.17, 15) is 13.2 Å². The summed E-state index contributed by atoms with van der Waals surface area (Å²) in [6, 6.07) is 0.128. The van der Waals surface area contributed by atoms with Gasteiger partial charge in [0.15, 0.2) is 5.60 Å². The lowest BCUT2D eigenvalue weighted by molar-refractivity contribution is -0.271. The zero-order chi connectivity index (χ0) is 12.4. The molecule has 0 spiro atoms. The lowest BCUT2D eigenvalue weighted by Crippen LogP contribution is -2.47. The van der Waals surface area contributed by atoms with Gasteiger partial charge in [-0.25, -0.2) is 0 Å². The van der Waals surface area contributed by atoms with Crippen LogP contribution in [0, 0.1) is 0 Å². The minimum atomic E-state index is -4.65. The highest BCUT2D eigenvalue weighted by atomic mass is 35.5. The molecule has 1 fully saturated rings. The molecule has 104 valence electrons. The molecule has 1 unspecified atom stereocenters. The Morgan fingerprint density at radius 2 is 1.71 bits per heavy atom. The van der Waals surface area contributed by atoms with Gasteiger partial charge in [0.1, 0.15) is 0 Å². The topological polar surface area (TPSA) is 55.5 Å². The lowest BCUT2D eigenvalue weighted by atomic mass is 9.93. The van der Waals surface area contributed by atoms with Crippen LogP contribution in [0.25, 0.3) is 0 Å². The van der Waals surface area contributed by atoms with E-state index in [1.807, 2.05) is 0 Å². The van der Waals surface area contributed by atoms with Crippen molar-refractivity contribution < 1.29 is 23.0 Å². The van der Waals surface area contributed by atoms with Gasteiger partial charge >= 0.3 is 6.18 Å². The second-order valence-corrected chi connectivity index (χ2v) is 4.62. The molecule has 7 heteroatoms. The number of hydrogen-bond acceptors (Lipinski definition) is 3. The molecule has 3 nitrogen and oxygen atoms in total. The molecule has 1 aliphatic rings. The smallest absolute Gasteiger partial charge is 0.379 e. The second-order valence-electron chi connectivity index (χ2n) is 4.62. The van der Waals surface area contributed by atoms with E-state index in [0.29, 0.717) is 12.8 Å². The second kappa shape index (κ2) is 6.22. The zero-order valence-electron chi connectivity index (χ0n) is 9.67. The van der Waals surface area contributed by atoms with E-state index < -0.39 is 18.4 Å². The minimum Gasteiger partial charge on any atom is -0.379 e. The first kappa shape index (κ1) is 17.0. The van der Waals surface area contributed by atoms with Crippen LogP contribution in [0.1, 0.15) is 32.6 Å². The van der Waals surface area contributed by atoms with Gasteiger partial charge in [0.05, 0.1) is 12.7 Å². The molecular weight excluding hydrogens is 259 g/mol. The molecule has 0 aromatic heterocycles. The third-order valence-corrected chi connectivity index (χ3v) is 2.93. The molecule has 0 aromatic carbocycles. The fourth-order valence-electron chi connectivity index (χ4n) is 1.62. The third-order valence-electron chi connectivity index (χ3n) is 2.93. The molecule has 17 heavy (non-hydrogen) atoms. The van der Waals surface area contributed by atoms with E-state index in [2.05, 4.69) is 0 Å². The van der Waals surface area contributed by atoms with Gasteiger partial charge < -0.3 is 15.6 Å². The molecule has 1 atom stereocenters. The number of ether oxygens (including phenoxy) is 1. The van der Waals surface area contributed by atoms with Crippen LogP contribution in [0.3, 0.4) is 0 Å². The van der Waals surface area contributed by atoms with E-state index >= 15 is 0 Å². The summed E-state index contributed by atoms with van der Waals surface area (Å²) in [6.45, 7) is 0.0119. The summed E-state index contributed by atoms with van der Waals surface area (Å²) in [4.78, 5) is 0. The van der Waals surface area contributed by atoms with Crippen molar-refractivity contribution in [1.82, 2.24) is 0 Å². The average Bonchev–Trinajstić information content (AvgIpc) is 2.15. The van der Waals surface area contributed by atoms with Gasteiger partial charge in [-0.2, -0.15) is 13.2 Å². The Labute approximate surface area is 105 Å². The van der Waals surface area contributed by atoms with Gasteiger partial charge in [0, 0.05) is 6.04 Å². The normalized spacial score (nSPS) is 29.3. The van der Waals surface area contributed by atoms with Crippen LogP contribution in [0.15, 0.2) is 0 Å². The first-order valence-electron chi connectivity index (χ1n) is 5.38. The highest BCUT2D eigenvalue weighted by Gasteiger charge is 2.50. The maximum atomic E-state index is 12.3. The van der Waals surface area contributed by atoms with Crippen LogP contribution < -0.4 is 5.73 Å². The maximum absolute atomic E-state index is 12.3. The molecule has 0 saturated heterocycles. The van der Waals surface area contributed by atoms with Gasteiger partial charge in [-0.05, 0) is 32.6 Å². The minimum absolute atomic E-state index is 0. The van der Waals surface area contributed by atoms with E-state index in [4.69, 9.17) is 15.6 Å². The van der Waals surface area contributed by atoms with Gasteiger partial charge in [-0.1, -0.05) is 0 Å². The molecule has 0 radical (unpaired) electrons. The van der Waals surface area contributed by atoms with Crippen LogP contribution in [-0.4, -0.2) is 35.6 Å². The summed E-state index contributed by atoms with van der Waals surface area (Å²) >= 11 is 0. The van der Waals surface area contributed by atoms with Crippen LogP contribution in [-0.2, 0) is 4.74 Å². The quantitative estimate of drug-likeness (QED) is 0.830. The predicted molar refractivity (Wildman–Crippen MR) is 60.1 cm³/mol. The maximum Gasteiger partial charge on any atom is 0.419 e. The summed E-state index contributed by atoms with van der Waals surface area (Å²) in [5.74, 6) is 0. The zero-order valence-corrected chi connectivity index (χ0v) is 10.5. The van der Waals surface area contributed by atoms with Gasteiger partial charge in [0.2, 0.25) is 0 Å². The number of alkyl halides is 3. The van der Waals surface area contributed by atoms with E-state index in [-0.39, 0.29) is 24.6 Å². The summed E-state index contributed by atoms with van der Waals surface area (Å²) in [7, 11) is 0. The molecule has 0 amide bonds. The van der Waals surface area contributed by atoms with Crippen molar-refractivity contribution in [3.63, 3.8) is 0 Å². The Bertz CT molecular complexity index is 228. The number of aliphatic hydroxyl groups is 1.